The van der Waals surface area contributed by atoms with Crippen LogP contribution in [0.2, 0.25) is 0 Å². The van der Waals surface area contributed by atoms with Gasteiger partial charge >= 0.3 is 0 Å². The van der Waals surface area contributed by atoms with Crippen molar-refractivity contribution in [1.82, 2.24) is 9.80 Å². The van der Waals surface area contributed by atoms with Gasteiger partial charge in [-0.1, -0.05) is 44.2 Å². The Kier molecular flexibility index (Phi) is 5.58. The summed E-state index contributed by atoms with van der Waals surface area (Å²) in [5, 5.41) is 0. The van der Waals surface area contributed by atoms with Gasteiger partial charge in [0.05, 0.1) is 0 Å². The van der Waals surface area contributed by atoms with Crippen LogP contribution in [0.5, 0.6) is 0 Å². The van der Waals surface area contributed by atoms with Crippen LogP contribution in [0.15, 0.2) is 30.3 Å². The highest BCUT2D eigenvalue weighted by molar-refractivity contribution is 5.20. The van der Waals surface area contributed by atoms with Gasteiger partial charge in [-0.2, -0.15) is 0 Å². The van der Waals surface area contributed by atoms with Gasteiger partial charge < -0.3 is 10.6 Å². The molecule has 3 nitrogen and oxygen atoms in total. The molecule has 0 aromatic heterocycles. The Morgan fingerprint density at radius 2 is 1.90 bits per heavy atom. The maximum absolute atomic E-state index is 6.21. The molecule has 112 valence electrons. The number of rotatable bonds is 5. The largest absolute Gasteiger partial charge is 0.327 e. The summed E-state index contributed by atoms with van der Waals surface area (Å²) >= 11 is 0. The summed E-state index contributed by atoms with van der Waals surface area (Å²) in [5.41, 5.74) is 7.64. The highest BCUT2D eigenvalue weighted by Crippen LogP contribution is 2.25. The van der Waals surface area contributed by atoms with Gasteiger partial charge in [-0.25, -0.2) is 0 Å². The van der Waals surface area contributed by atoms with Gasteiger partial charge in [0.15, 0.2) is 0 Å². The van der Waals surface area contributed by atoms with E-state index >= 15 is 0 Å². The maximum Gasteiger partial charge on any atom is 0.0475 e. The number of hydrogen-bond donors (Lipinski definition) is 1. The lowest BCUT2D eigenvalue weighted by atomic mass is 9.99. The van der Waals surface area contributed by atoms with Gasteiger partial charge in [0.1, 0.15) is 0 Å². The monoisotopic (exact) mass is 275 g/mol. The van der Waals surface area contributed by atoms with E-state index in [1.165, 1.54) is 5.56 Å². The van der Waals surface area contributed by atoms with Crippen LogP contribution in [-0.2, 0) is 0 Å². The molecule has 2 N–H and O–H groups in total. The molecule has 20 heavy (non-hydrogen) atoms. The molecule has 3 heteroatoms. The average molecular weight is 275 g/mol. The van der Waals surface area contributed by atoms with Gasteiger partial charge in [0.25, 0.3) is 0 Å². The van der Waals surface area contributed by atoms with Crippen molar-refractivity contribution in [3.8, 4) is 0 Å². The van der Waals surface area contributed by atoms with Gasteiger partial charge in [-0.3, -0.25) is 4.90 Å². The highest BCUT2D eigenvalue weighted by Gasteiger charge is 2.26. The van der Waals surface area contributed by atoms with E-state index in [2.05, 4.69) is 61.0 Å². The van der Waals surface area contributed by atoms with E-state index in [0.29, 0.717) is 18.0 Å². The van der Waals surface area contributed by atoms with Crippen molar-refractivity contribution >= 4 is 0 Å². The third kappa shape index (κ3) is 4.05. The van der Waals surface area contributed by atoms with Crippen molar-refractivity contribution in [1.29, 1.82) is 0 Å². The minimum Gasteiger partial charge on any atom is -0.327 e. The molecular formula is C17H29N3. The Morgan fingerprint density at radius 3 is 2.55 bits per heavy atom. The topological polar surface area (TPSA) is 32.5 Å². The Bertz CT molecular complexity index is 390. The fourth-order valence-electron chi connectivity index (χ4n) is 2.86. The smallest absolute Gasteiger partial charge is 0.0475 e. The number of likely N-dealkylation sites (N-methyl/N-ethyl adjacent to an activating group) is 1. The van der Waals surface area contributed by atoms with Crippen molar-refractivity contribution in [3.05, 3.63) is 35.9 Å². The highest BCUT2D eigenvalue weighted by atomic mass is 15.3. The molecule has 0 saturated carbocycles. The zero-order valence-corrected chi connectivity index (χ0v) is 13.1. The molecule has 2 unspecified atom stereocenters. The van der Waals surface area contributed by atoms with E-state index in [0.717, 1.165) is 32.6 Å². The van der Waals surface area contributed by atoms with Crippen molar-refractivity contribution in [2.75, 3.05) is 33.2 Å². The first-order valence-corrected chi connectivity index (χ1v) is 7.81. The summed E-state index contributed by atoms with van der Waals surface area (Å²) in [5.74, 6) is 0.567. The van der Waals surface area contributed by atoms with Gasteiger partial charge in [-0.05, 0) is 24.9 Å². The fourth-order valence-corrected chi connectivity index (χ4v) is 2.86. The summed E-state index contributed by atoms with van der Waals surface area (Å²) < 4.78 is 0. The van der Waals surface area contributed by atoms with E-state index in [9.17, 15) is 0 Å². The van der Waals surface area contributed by atoms with Crippen molar-refractivity contribution < 1.29 is 0 Å². The Balaban J connectivity index is 2.01. The van der Waals surface area contributed by atoms with Gasteiger partial charge in [0.2, 0.25) is 0 Å². The molecule has 0 radical (unpaired) electrons. The first kappa shape index (κ1) is 15.5. The lowest BCUT2D eigenvalue weighted by Gasteiger charge is -2.41. The van der Waals surface area contributed by atoms with Gasteiger partial charge in [0, 0.05) is 38.3 Å². The lowest BCUT2D eigenvalue weighted by Crippen LogP contribution is -2.48. The number of piperazine rings is 1. The molecule has 0 bridgehead atoms. The molecule has 2 rings (SSSR count). The zero-order chi connectivity index (χ0) is 14.5. The molecular weight excluding hydrogens is 246 g/mol. The summed E-state index contributed by atoms with van der Waals surface area (Å²) in [6.45, 7) is 8.93. The molecule has 1 aromatic carbocycles. The predicted molar refractivity (Wildman–Crippen MR) is 85.7 cm³/mol. The molecule has 1 aliphatic heterocycles. The summed E-state index contributed by atoms with van der Waals surface area (Å²) in [6.07, 6.45) is 1.09. The van der Waals surface area contributed by atoms with E-state index < -0.39 is 0 Å². The van der Waals surface area contributed by atoms with Crippen LogP contribution in [-0.4, -0.2) is 49.1 Å². The second kappa shape index (κ2) is 7.21. The lowest BCUT2D eigenvalue weighted by molar-refractivity contribution is 0.0857. The van der Waals surface area contributed by atoms with Crippen molar-refractivity contribution in [2.24, 2.45) is 11.7 Å². The first-order valence-electron chi connectivity index (χ1n) is 7.81. The van der Waals surface area contributed by atoms with Crippen LogP contribution < -0.4 is 5.73 Å². The summed E-state index contributed by atoms with van der Waals surface area (Å²) in [6, 6.07) is 11.7. The Labute approximate surface area is 123 Å². The van der Waals surface area contributed by atoms with E-state index in [4.69, 9.17) is 5.73 Å². The standard InChI is InChI=1S/C17H29N3/c1-14(2)16(18)9-10-20-12-11-19(3)13-17(20)15-7-5-4-6-8-15/h4-8,14,16-17H,9-13,18H2,1-3H3. The van der Waals surface area contributed by atoms with Gasteiger partial charge in [-0.15, -0.1) is 0 Å². The molecule has 1 fully saturated rings. The maximum atomic E-state index is 6.21. The number of benzene rings is 1. The summed E-state index contributed by atoms with van der Waals surface area (Å²) in [4.78, 5) is 5.04. The van der Waals surface area contributed by atoms with E-state index in [-0.39, 0.29) is 0 Å². The predicted octanol–water partition coefficient (Wildman–Crippen LogP) is 2.35. The minimum atomic E-state index is 0.311. The molecule has 2 atom stereocenters. The number of hydrogen-bond acceptors (Lipinski definition) is 3. The molecule has 0 aliphatic carbocycles. The van der Waals surface area contributed by atoms with Crippen LogP contribution in [0.25, 0.3) is 0 Å². The molecule has 1 aromatic rings. The van der Waals surface area contributed by atoms with E-state index in [1.807, 2.05) is 0 Å². The fraction of sp³-hybridized carbons (Fsp3) is 0.647. The molecule has 0 spiro atoms. The molecule has 1 aliphatic rings. The number of nitrogens with zero attached hydrogens (tertiary/aromatic N) is 2. The third-order valence-corrected chi connectivity index (χ3v) is 4.48. The number of nitrogens with two attached hydrogens (primary N) is 1. The van der Waals surface area contributed by atoms with Crippen LogP contribution in [0.1, 0.15) is 31.9 Å². The second-order valence-electron chi connectivity index (χ2n) is 6.42. The van der Waals surface area contributed by atoms with Crippen LogP contribution in [0, 0.1) is 5.92 Å². The molecule has 1 heterocycles. The Morgan fingerprint density at radius 1 is 1.20 bits per heavy atom. The van der Waals surface area contributed by atoms with E-state index in [1.54, 1.807) is 0 Å². The summed E-state index contributed by atoms with van der Waals surface area (Å²) in [7, 11) is 2.22. The average Bonchev–Trinajstić information content (AvgIpc) is 2.46. The zero-order valence-electron chi connectivity index (χ0n) is 13.1. The minimum absolute atomic E-state index is 0.311. The van der Waals surface area contributed by atoms with Crippen LogP contribution in [0.4, 0.5) is 0 Å². The molecule has 1 saturated heterocycles. The van der Waals surface area contributed by atoms with Crippen LogP contribution >= 0.6 is 0 Å². The second-order valence-corrected chi connectivity index (χ2v) is 6.42. The molecule has 0 amide bonds. The quantitative estimate of drug-likeness (QED) is 0.895. The Hall–Kier alpha value is -0.900. The van der Waals surface area contributed by atoms with Crippen molar-refractivity contribution in [2.45, 2.75) is 32.4 Å². The van der Waals surface area contributed by atoms with Crippen LogP contribution in [0.3, 0.4) is 0 Å². The first-order chi connectivity index (χ1) is 9.58. The third-order valence-electron chi connectivity index (χ3n) is 4.48. The van der Waals surface area contributed by atoms with Crippen molar-refractivity contribution in [3.63, 3.8) is 0 Å². The normalized spacial score (nSPS) is 23.1. The SMILES string of the molecule is CC(C)C(N)CCN1CCN(C)CC1c1ccccc1.